The van der Waals surface area contributed by atoms with Crippen LogP contribution in [0.15, 0.2) is 30.3 Å². The lowest BCUT2D eigenvalue weighted by Crippen LogP contribution is -2.49. The van der Waals surface area contributed by atoms with Crippen molar-refractivity contribution in [2.24, 2.45) is 5.92 Å². The molecule has 196 valence electrons. The van der Waals surface area contributed by atoms with Crippen molar-refractivity contribution in [1.29, 1.82) is 0 Å². The average Bonchev–Trinajstić information content (AvgIpc) is 3.31. The molecule has 2 aliphatic rings. The molecule has 2 unspecified atom stereocenters. The maximum absolute atomic E-state index is 12.9. The Balaban J connectivity index is 1.60. The monoisotopic (exact) mass is 491 g/mol. The van der Waals surface area contributed by atoms with Gasteiger partial charge in [0.15, 0.2) is 6.79 Å². The number of carbonyl (C=O) groups is 2. The molecule has 1 saturated heterocycles. The molecular weight excluding hydrogens is 450 g/mol. The molecule has 0 bridgehead atoms. The van der Waals surface area contributed by atoms with Crippen molar-refractivity contribution in [2.45, 2.75) is 97.0 Å². The van der Waals surface area contributed by atoms with Gasteiger partial charge in [0, 0.05) is 6.54 Å². The van der Waals surface area contributed by atoms with Crippen LogP contribution < -0.4 is 0 Å². The number of esters is 2. The molecule has 1 saturated carbocycles. The molecule has 2 fully saturated rings. The highest BCUT2D eigenvalue weighted by Gasteiger charge is 2.40. The lowest BCUT2D eigenvalue weighted by molar-refractivity contribution is -0.282. The van der Waals surface area contributed by atoms with Crippen LogP contribution >= 0.6 is 0 Å². The Hall–Kier alpha value is -2.00. The van der Waals surface area contributed by atoms with Crippen LogP contribution in [0.3, 0.4) is 0 Å². The second-order valence-electron chi connectivity index (χ2n) is 10.2. The van der Waals surface area contributed by atoms with Gasteiger partial charge in [-0.25, -0.2) is 4.90 Å². The SMILES string of the molecule is CCOC(=O)C1CCC(OC(OCOCc2ccccc2)N2CCCC2C(=O)OC(C)(C)C)CC1. The molecule has 0 N–H and O–H groups in total. The first-order valence-corrected chi connectivity index (χ1v) is 12.8. The van der Waals surface area contributed by atoms with Gasteiger partial charge in [0.2, 0.25) is 6.41 Å². The van der Waals surface area contributed by atoms with E-state index in [0.29, 0.717) is 26.2 Å². The summed E-state index contributed by atoms with van der Waals surface area (Å²) in [5.41, 5.74) is 0.492. The van der Waals surface area contributed by atoms with Crippen molar-refractivity contribution < 1.29 is 33.3 Å². The largest absolute Gasteiger partial charge is 0.466 e. The minimum Gasteiger partial charge on any atom is -0.466 e. The van der Waals surface area contributed by atoms with Gasteiger partial charge in [0.1, 0.15) is 11.6 Å². The third-order valence-corrected chi connectivity index (χ3v) is 6.25. The quantitative estimate of drug-likeness (QED) is 0.256. The molecule has 8 nitrogen and oxygen atoms in total. The normalized spacial score (nSPS) is 24.2. The third-order valence-electron chi connectivity index (χ3n) is 6.25. The van der Waals surface area contributed by atoms with Crippen LogP contribution in [-0.2, 0) is 39.9 Å². The van der Waals surface area contributed by atoms with E-state index in [0.717, 1.165) is 37.7 Å². The molecule has 8 heteroatoms. The van der Waals surface area contributed by atoms with Crippen LogP contribution in [0.4, 0.5) is 0 Å². The highest BCUT2D eigenvalue weighted by molar-refractivity contribution is 5.76. The predicted octanol–water partition coefficient (Wildman–Crippen LogP) is 4.41. The molecule has 1 aliphatic heterocycles. The van der Waals surface area contributed by atoms with E-state index < -0.39 is 18.1 Å². The Bertz CT molecular complexity index is 786. The molecule has 0 amide bonds. The van der Waals surface area contributed by atoms with E-state index in [4.69, 9.17) is 23.7 Å². The Morgan fingerprint density at radius 2 is 1.74 bits per heavy atom. The lowest BCUT2D eigenvalue weighted by atomic mass is 9.87. The summed E-state index contributed by atoms with van der Waals surface area (Å²) in [6.07, 6.45) is 3.66. The van der Waals surface area contributed by atoms with E-state index in [1.54, 1.807) is 0 Å². The fourth-order valence-electron chi connectivity index (χ4n) is 4.58. The number of hydrogen-bond acceptors (Lipinski definition) is 8. The highest BCUT2D eigenvalue weighted by Crippen LogP contribution is 2.31. The van der Waals surface area contributed by atoms with Crippen molar-refractivity contribution in [3.8, 4) is 0 Å². The number of ether oxygens (including phenoxy) is 5. The van der Waals surface area contributed by atoms with Gasteiger partial charge in [0.25, 0.3) is 0 Å². The van der Waals surface area contributed by atoms with Gasteiger partial charge in [0.05, 0.1) is 25.2 Å². The fourth-order valence-corrected chi connectivity index (χ4v) is 4.58. The van der Waals surface area contributed by atoms with E-state index in [1.807, 2.05) is 62.9 Å². The number of likely N-dealkylation sites (tertiary alicyclic amines) is 1. The molecule has 35 heavy (non-hydrogen) atoms. The number of rotatable bonds is 11. The summed E-state index contributed by atoms with van der Waals surface area (Å²) < 4.78 is 29.0. The van der Waals surface area contributed by atoms with E-state index in [9.17, 15) is 9.59 Å². The Kier molecular flexibility index (Phi) is 10.5. The fraction of sp³-hybridized carbons (Fsp3) is 0.704. The minimum atomic E-state index is -0.727. The summed E-state index contributed by atoms with van der Waals surface area (Å²) in [4.78, 5) is 26.9. The Morgan fingerprint density at radius 1 is 1.03 bits per heavy atom. The maximum Gasteiger partial charge on any atom is 0.324 e. The standard InChI is InChI=1S/C27H41NO7/c1-5-32-24(29)21-13-15-22(16-14-21)34-26(33-19-31-18-20-10-7-6-8-11-20)28-17-9-12-23(28)25(30)35-27(2,3)4/h6-8,10-11,21-23,26H,5,9,12-19H2,1-4H3. The van der Waals surface area contributed by atoms with E-state index >= 15 is 0 Å². The van der Waals surface area contributed by atoms with Crippen LogP contribution in [0.5, 0.6) is 0 Å². The molecule has 3 rings (SSSR count). The van der Waals surface area contributed by atoms with Crippen LogP contribution in [0.2, 0.25) is 0 Å². The summed E-state index contributed by atoms with van der Waals surface area (Å²) in [5.74, 6) is -0.467. The first-order valence-electron chi connectivity index (χ1n) is 12.8. The Morgan fingerprint density at radius 3 is 2.40 bits per heavy atom. The van der Waals surface area contributed by atoms with Crippen LogP contribution in [-0.4, -0.2) is 60.9 Å². The van der Waals surface area contributed by atoms with Gasteiger partial charge in [-0.2, -0.15) is 0 Å². The zero-order valence-corrected chi connectivity index (χ0v) is 21.6. The summed E-state index contributed by atoms with van der Waals surface area (Å²) in [6, 6.07) is 9.46. The van der Waals surface area contributed by atoms with Gasteiger partial charge < -0.3 is 23.7 Å². The number of carbonyl (C=O) groups excluding carboxylic acids is 2. The Labute approximate surface area is 209 Å². The van der Waals surface area contributed by atoms with E-state index in [-0.39, 0.29) is 30.8 Å². The van der Waals surface area contributed by atoms with Crippen molar-refractivity contribution in [1.82, 2.24) is 4.90 Å². The van der Waals surface area contributed by atoms with Crippen LogP contribution in [0.25, 0.3) is 0 Å². The third kappa shape index (κ3) is 8.86. The maximum atomic E-state index is 12.9. The smallest absolute Gasteiger partial charge is 0.324 e. The zero-order chi connectivity index (χ0) is 25.3. The molecule has 1 aromatic rings. The predicted molar refractivity (Wildman–Crippen MR) is 130 cm³/mol. The minimum absolute atomic E-state index is 0.0370. The number of nitrogens with zero attached hydrogens (tertiary/aromatic N) is 1. The molecular formula is C27H41NO7. The molecule has 0 radical (unpaired) electrons. The average molecular weight is 492 g/mol. The summed E-state index contributed by atoms with van der Waals surface area (Å²) >= 11 is 0. The molecule has 0 aromatic heterocycles. The topological polar surface area (TPSA) is 83.5 Å². The number of hydrogen-bond donors (Lipinski definition) is 0. The second kappa shape index (κ2) is 13.3. The van der Waals surface area contributed by atoms with E-state index in [2.05, 4.69) is 0 Å². The van der Waals surface area contributed by atoms with Crippen LogP contribution in [0, 0.1) is 5.92 Å². The van der Waals surface area contributed by atoms with E-state index in [1.165, 1.54) is 0 Å². The molecule has 1 aromatic carbocycles. The van der Waals surface area contributed by atoms with Crippen molar-refractivity contribution in [2.75, 3.05) is 19.9 Å². The van der Waals surface area contributed by atoms with Gasteiger partial charge in [-0.05, 0) is 71.8 Å². The second-order valence-corrected chi connectivity index (χ2v) is 10.2. The summed E-state index contributed by atoms with van der Waals surface area (Å²) in [7, 11) is 0. The molecule has 1 heterocycles. The summed E-state index contributed by atoms with van der Waals surface area (Å²) in [6.45, 7) is 8.96. The van der Waals surface area contributed by atoms with Crippen molar-refractivity contribution in [3.05, 3.63) is 35.9 Å². The summed E-state index contributed by atoms with van der Waals surface area (Å²) in [5, 5.41) is 0. The van der Waals surface area contributed by atoms with Gasteiger partial charge in [-0.1, -0.05) is 30.3 Å². The highest BCUT2D eigenvalue weighted by atomic mass is 16.8. The van der Waals surface area contributed by atoms with Gasteiger partial charge >= 0.3 is 11.9 Å². The van der Waals surface area contributed by atoms with Gasteiger partial charge in [-0.3, -0.25) is 9.59 Å². The first kappa shape index (κ1) is 27.6. The van der Waals surface area contributed by atoms with Crippen molar-refractivity contribution in [3.63, 3.8) is 0 Å². The van der Waals surface area contributed by atoms with Crippen molar-refractivity contribution >= 4 is 11.9 Å². The molecule has 1 aliphatic carbocycles. The van der Waals surface area contributed by atoms with Gasteiger partial charge in [-0.15, -0.1) is 0 Å². The molecule has 2 atom stereocenters. The first-order chi connectivity index (χ1) is 16.8. The number of benzene rings is 1. The molecule has 0 spiro atoms. The zero-order valence-electron chi connectivity index (χ0n) is 21.6. The lowest BCUT2D eigenvalue weighted by Gasteiger charge is -2.36. The van der Waals surface area contributed by atoms with Crippen LogP contribution in [0.1, 0.15) is 71.8 Å².